The number of rotatable bonds is 7. The van der Waals surface area contributed by atoms with Crippen molar-refractivity contribution in [1.29, 1.82) is 0 Å². The van der Waals surface area contributed by atoms with Gasteiger partial charge in [0.1, 0.15) is 0 Å². The van der Waals surface area contributed by atoms with Gasteiger partial charge in [-0.3, -0.25) is 4.98 Å². The van der Waals surface area contributed by atoms with Crippen LogP contribution in [0, 0.1) is 10.8 Å². The Labute approximate surface area is 284 Å². The summed E-state index contributed by atoms with van der Waals surface area (Å²) in [6.45, 7) is 13.0. The van der Waals surface area contributed by atoms with Gasteiger partial charge in [0.25, 0.3) is 0 Å². The van der Waals surface area contributed by atoms with Crippen molar-refractivity contribution in [2.24, 2.45) is 10.8 Å². The molecule has 3 heteroatoms. The van der Waals surface area contributed by atoms with E-state index in [4.69, 9.17) is 0 Å². The Hall–Kier alpha value is -5.67. The average Bonchev–Trinajstić information content (AvgIpc) is 3.31. The molecule has 1 atom stereocenters. The van der Waals surface area contributed by atoms with Gasteiger partial charge in [0, 0.05) is 45.6 Å². The Kier molecular flexibility index (Phi) is 8.06. The maximum absolute atomic E-state index is 4.51. The van der Waals surface area contributed by atoms with Gasteiger partial charge in [-0.05, 0) is 105 Å². The molecule has 6 aromatic rings. The summed E-state index contributed by atoms with van der Waals surface area (Å²) in [5.74, 6) is 0. The Morgan fingerprint density at radius 3 is 2.08 bits per heavy atom. The highest BCUT2D eigenvalue weighted by Gasteiger charge is 2.33. The number of hydrogen-bond donors (Lipinski definition) is 1. The number of aromatic nitrogens is 1. The minimum Gasteiger partial charge on any atom is -0.356 e. The molecule has 1 heterocycles. The van der Waals surface area contributed by atoms with Crippen LogP contribution in [0.15, 0.2) is 164 Å². The monoisotopic (exact) mass is 623 g/mol. The number of benzene rings is 5. The standard InChI is InChI=1S/C45H41N3/c1-6-36-19-16-35(31-46-36)32-17-21-40(22-18-32)48(39-13-10-27-45(5,28-26-39)44(2,3)4)41-23-25-43-34(30-41)15-14-33-29-38(20-24-42(33)43)47-37-11-8-7-9-12-37/h6-31,47H,1H2,2-5H3. The highest BCUT2D eigenvalue weighted by molar-refractivity contribution is 6.09. The molecule has 7 rings (SSSR count). The summed E-state index contributed by atoms with van der Waals surface area (Å²) in [6, 6.07) is 41.1. The molecule has 236 valence electrons. The minimum absolute atomic E-state index is 0.0748. The quantitative estimate of drug-likeness (QED) is 0.179. The number of allylic oxidation sites excluding steroid dienone is 5. The van der Waals surface area contributed by atoms with E-state index in [-0.39, 0.29) is 10.8 Å². The molecule has 1 aliphatic rings. The van der Waals surface area contributed by atoms with Gasteiger partial charge in [-0.2, -0.15) is 0 Å². The van der Waals surface area contributed by atoms with Crippen LogP contribution in [-0.2, 0) is 0 Å². The van der Waals surface area contributed by atoms with E-state index in [9.17, 15) is 0 Å². The summed E-state index contributed by atoms with van der Waals surface area (Å²) in [4.78, 5) is 6.87. The van der Waals surface area contributed by atoms with Crippen LogP contribution in [0.25, 0.3) is 38.7 Å². The number of nitrogens with zero attached hydrogens (tertiary/aromatic N) is 2. The molecule has 0 fully saturated rings. The summed E-state index contributed by atoms with van der Waals surface area (Å²) >= 11 is 0. The number of para-hydroxylation sites is 1. The van der Waals surface area contributed by atoms with Crippen molar-refractivity contribution in [3.8, 4) is 11.1 Å². The second-order valence-electron chi connectivity index (χ2n) is 13.8. The van der Waals surface area contributed by atoms with Crippen LogP contribution < -0.4 is 10.2 Å². The molecular formula is C45H41N3. The summed E-state index contributed by atoms with van der Waals surface area (Å²) in [7, 11) is 0. The zero-order valence-corrected chi connectivity index (χ0v) is 28.1. The van der Waals surface area contributed by atoms with Crippen LogP contribution in [0.2, 0.25) is 0 Å². The van der Waals surface area contributed by atoms with Crippen LogP contribution in [0.4, 0.5) is 22.7 Å². The third-order valence-corrected chi connectivity index (χ3v) is 9.78. The van der Waals surface area contributed by atoms with Crippen molar-refractivity contribution < 1.29 is 0 Å². The molecular weight excluding hydrogens is 583 g/mol. The minimum atomic E-state index is -0.0814. The smallest absolute Gasteiger partial charge is 0.0624 e. The molecule has 1 aliphatic carbocycles. The fourth-order valence-corrected chi connectivity index (χ4v) is 6.28. The van der Waals surface area contributed by atoms with Crippen LogP contribution in [0.5, 0.6) is 0 Å². The molecule has 1 N–H and O–H groups in total. The van der Waals surface area contributed by atoms with E-state index < -0.39 is 0 Å². The van der Waals surface area contributed by atoms with E-state index in [2.05, 4.69) is 171 Å². The number of fused-ring (bicyclic) bond motifs is 3. The first kappa shape index (κ1) is 31.0. The fraction of sp³-hybridized carbons (Fsp3) is 0.133. The first-order valence-corrected chi connectivity index (χ1v) is 16.6. The molecule has 3 nitrogen and oxygen atoms in total. The largest absolute Gasteiger partial charge is 0.356 e. The lowest BCUT2D eigenvalue weighted by atomic mass is 9.68. The maximum Gasteiger partial charge on any atom is 0.0624 e. The van der Waals surface area contributed by atoms with Crippen molar-refractivity contribution in [2.75, 3.05) is 10.2 Å². The lowest BCUT2D eigenvalue weighted by molar-refractivity contribution is 0.228. The van der Waals surface area contributed by atoms with Crippen molar-refractivity contribution in [1.82, 2.24) is 4.98 Å². The third-order valence-electron chi connectivity index (χ3n) is 9.78. The second-order valence-corrected chi connectivity index (χ2v) is 13.8. The summed E-state index contributed by atoms with van der Waals surface area (Å²) in [6.07, 6.45) is 15.1. The predicted octanol–water partition coefficient (Wildman–Crippen LogP) is 12.6. The van der Waals surface area contributed by atoms with E-state index in [1.165, 1.54) is 21.5 Å². The van der Waals surface area contributed by atoms with Gasteiger partial charge in [0.05, 0.1) is 5.69 Å². The lowest BCUT2D eigenvalue weighted by Crippen LogP contribution is -2.28. The van der Waals surface area contributed by atoms with Crippen LogP contribution in [0.3, 0.4) is 0 Å². The van der Waals surface area contributed by atoms with Gasteiger partial charge in [-0.1, -0.05) is 113 Å². The molecule has 0 radical (unpaired) electrons. The molecule has 0 aliphatic heterocycles. The van der Waals surface area contributed by atoms with Gasteiger partial charge in [-0.15, -0.1) is 0 Å². The molecule has 0 saturated heterocycles. The molecule has 5 aromatic carbocycles. The van der Waals surface area contributed by atoms with E-state index in [0.29, 0.717) is 0 Å². The fourth-order valence-electron chi connectivity index (χ4n) is 6.28. The van der Waals surface area contributed by atoms with Crippen molar-refractivity contribution >= 4 is 50.4 Å². The Bertz CT molecular complexity index is 2200. The zero-order chi connectivity index (χ0) is 33.3. The maximum atomic E-state index is 4.51. The Morgan fingerprint density at radius 1 is 0.708 bits per heavy atom. The highest BCUT2D eigenvalue weighted by Crippen LogP contribution is 2.44. The molecule has 0 saturated carbocycles. The number of pyridine rings is 1. The van der Waals surface area contributed by atoms with Gasteiger partial charge in [0.15, 0.2) is 0 Å². The molecule has 48 heavy (non-hydrogen) atoms. The van der Waals surface area contributed by atoms with Crippen LogP contribution in [-0.4, -0.2) is 4.98 Å². The molecule has 1 aromatic heterocycles. The van der Waals surface area contributed by atoms with Gasteiger partial charge in [0.2, 0.25) is 0 Å². The topological polar surface area (TPSA) is 28.2 Å². The predicted molar refractivity (Wildman–Crippen MR) is 207 cm³/mol. The number of anilines is 4. The molecule has 0 amide bonds. The Balaban J connectivity index is 1.28. The summed E-state index contributed by atoms with van der Waals surface area (Å²) < 4.78 is 0. The van der Waals surface area contributed by atoms with E-state index in [0.717, 1.165) is 45.3 Å². The first-order chi connectivity index (χ1) is 23.2. The average molecular weight is 624 g/mol. The highest BCUT2D eigenvalue weighted by atomic mass is 15.1. The van der Waals surface area contributed by atoms with Crippen molar-refractivity contribution in [3.63, 3.8) is 0 Å². The van der Waals surface area contributed by atoms with E-state index in [1.807, 2.05) is 30.5 Å². The van der Waals surface area contributed by atoms with Crippen LogP contribution in [0.1, 0.15) is 33.4 Å². The third kappa shape index (κ3) is 6.08. The van der Waals surface area contributed by atoms with Gasteiger partial charge in [-0.25, -0.2) is 0 Å². The van der Waals surface area contributed by atoms with Crippen molar-refractivity contribution in [2.45, 2.75) is 27.7 Å². The van der Waals surface area contributed by atoms with E-state index in [1.54, 1.807) is 6.08 Å². The van der Waals surface area contributed by atoms with Gasteiger partial charge >= 0.3 is 0 Å². The zero-order valence-electron chi connectivity index (χ0n) is 28.1. The number of nitrogens with one attached hydrogen (secondary N) is 1. The molecule has 1 unspecified atom stereocenters. The number of hydrogen-bond acceptors (Lipinski definition) is 3. The van der Waals surface area contributed by atoms with E-state index >= 15 is 0 Å². The summed E-state index contributed by atoms with van der Waals surface area (Å²) in [5, 5.41) is 8.41. The van der Waals surface area contributed by atoms with Crippen molar-refractivity contribution in [3.05, 3.63) is 170 Å². The van der Waals surface area contributed by atoms with Gasteiger partial charge < -0.3 is 10.2 Å². The SMILES string of the molecule is C=Cc1ccc(-c2ccc(N(C3=CC=CC(C)(C(C)(C)C)C=C3)c3ccc4c(ccc5cc(Nc6ccccc6)ccc54)c3)cc2)cn1. The second kappa shape index (κ2) is 12.5. The lowest BCUT2D eigenvalue weighted by Gasteiger charge is -2.37. The molecule has 0 bridgehead atoms. The summed E-state index contributed by atoms with van der Waals surface area (Å²) in [5.41, 5.74) is 8.54. The molecule has 0 spiro atoms. The normalized spacial score (nSPS) is 16.0. The van der Waals surface area contributed by atoms with Crippen LogP contribution >= 0.6 is 0 Å². The first-order valence-electron chi connectivity index (χ1n) is 16.6. The Morgan fingerprint density at radius 2 is 1.40 bits per heavy atom.